The summed E-state index contributed by atoms with van der Waals surface area (Å²) in [7, 11) is 0. The second-order valence-corrected chi connectivity index (χ2v) is 4.23. The first kappa shape index (κ1) is 11.5. The highest BCUT2D eigenvalue weighted by atomic mass is 32.1. The smallest absolute Gasteiger partial charge is 0.122 e. The Morgan fingerprint density at radius 3 is 2.71 bits per heavy atom. The van der Waals surface area contributed by atoms with Crippen LogP contribution in [-0.4, -0.2) is 9.97 Å². The molecule has 1 aromatic heterocycles. The molecule has 0 aliphatic heterocycles. The molecular weight excluding hydrogens is 230 g/mol. The number of aromatic nitrogens is 1. The fourth-order valence-electron chi connectivity index (χ4n) is 1.53. The molecule has 4 heteroatoms. The van der Waals surface area contributed by atoms with E-state index in [-0.39, 0.29) is 0 Å². The number of pyridine rings is 1. The molecule has 3 nitrogen and oxygen atoms in total. The second kappa shape index (κ2) is 4.93. The number of aryl methyl sites for hydroxylation is 1. The van der Waals surface area contributed by atoms with Crippen molar-refractivity contribution >= 4 is 28.6 Å². The molecule has 0 spiro atoms. The minimum atomic E-state index is 0.304. The molecule has 0 fully saturated rings. The van der Waals surface area contributed by atoms with Crippen LogP contribution in [0.4, 0.5) is 11.4 Å². The first-order valence-electron chi connectivity index (χ1n) is 5.25. The first-order chi connectivity index (χ1) is 8.15. The Morgan fingerprint density at radius 2 is 2.00 bits per heavy atom. The van der Waals surface area contributed by atoms with E-state index >= 15 is 0 Å². The van der Waals surface area contributed by atoms with Gasteiger partial charge in [-0.1, -0.05) is 24.4 Å². The fraction of sp³-hybridized carbons (Fsp3) is 0.0769. The lowest BCUT2D eigenvalue weighted by Gasteiger charge is -2.08. The third-order valence-corrected chi connectivity index (χ3v) is 2.53. The van der Waals surface area contributed by atoms with Crippen LogP contribution < -0.4 is 11.1 Å². The maximum Gasteiger partial charge on any atom is 0.122 e. The minimum Gasteiger partial charge on any atom is -0.388 e. The molecule has 17 heavy (non-hydrogen) atoms. The Kier molecular flexibility index (Phi) is 3.35. The van der Waals surface area contributed by atoms with E-state index in [1.54, 1.807) is 6.20 Å². The van der Waals surface area contributed by atoms with Crippen LogP contribution in [0.25, 0.3) is 0 Å². The Morgan fingerprint density at radius 1 is 1.24 bits per heavy atom. The molecule has 0 aliphatic rings. The number of nitrogens with zero attached hydrogens (tertiary/aromatic N) is 1. The predicted molar refractivity (Wildman–Crippen MR) is 74.6 cm³/mol. The van der Waals surface area contributed by atoms with Crippen LogP contribution in [0.2, 0.25) is 0 Å². The molecule has 0 radical (unpaired) electrons. The summed E-state index contributed by atoms with van der Waals surface area (Å²) < 4.78 is 0. The van der Waals surface area contributed by atoms with Crippen molar-refractivity contribution in [2.75, 3.05) is 5.32 Å². The van der Waals surface area contributed by atoms with Gasteiger partial charge in [0.15, 0.2) is 0 Å². The quantitative estimate of drug-likeness (QED) is 0.814. The lowest BCUT2D eigenvalue weighted by Crippen LogP contribution is -2.11. The lowest BCUT2D eigenvalue weighted by atomic mass is 10.2. The molecule has 0 amide bonds. The van der Waals surface area contributed by atoms with E-state index in [1.165, 1.54) is 5.56 Å². The number of hydrogen-bond acceptors (Lipinski definition) is 3. The molecular formula is C13H13N3S. The molecule has 2 rings (SSSR count). The highest BCUT2D eigenvalue weighted by Crippen LogP contribution is 2.17. The van der Waals surface area contributed by atoms with Gasteiger partial charge in [-0.3, -0.25) is 4.98 Å². The number of hydrogen-bond donors (Lipinski definition) is 2. The van der Waals surface area contributed by atoms with E-state index in [4.69, 9.17) is 18.0 Å². The normalized spacial score (nSPS) is 9.94. The minimum absolute atomic E-state index is 0.304. The summed E-state index contributed by atoms with van der Waals surface area (Å²) in [6.07, 6.45) is 1.69. The molecule has 0 saturated heterocycles. The van der Waals surface area contributed by atoms with Gasteiger partial charge in [0, 0.05) is 17.6 Å². The number of benzene rings is 1. The van der Waals surface area contributed by atoms with E-state index in [2.05, 4.69) is 29.4 Å². The van der Waals surface area contributed by atoms with Gasteiger partial charge in [0.25, 0.3) is 0 Å². The fourth-order valence-corrected chi connectivity index (χ4v) is 1.64. The van der Waals surface area contributed by atoms with Crippen molar-refractivity contribution < 1.29 is 0 Å². The van der Waals surface area contributed by atoms with Crippen LogP contribution in [0.15, 0.2) is 42.6 Å². The summed E-state index contributed by atoms with van der Waals surface area (Å²) in [5.41, 5.74) is 9.33. The van der Waals surface area contributed by atoms with E-state index in [1.807, 2.05) is 24.3 Å². The van der Waals surface area contributed by atoms with Crippen molar-refractivity contribution in [2.24, 2.45) is 5.73 Å². The summed E-state index contributed by atoms with van der Waals surface area (Å²) in [4.78, 5) is 4.40. The topological polar surface area (TPSA) is 50.9 Å². The first-order valence-corrected chi connectivity index (χ1v) is 5.65. The molecule has 1 heterocycles. The average molecular weight is 243 g/mol. The number of thiocarbonyl (C=S) groups is 1. The van der Waals surface area contributed by atoms with Gasteiger partial charge < -0.3 is 11.1 Å². The van der Waals surface area contributed by atoms with Crippen molar-refractivity contribution in [1.82, 2.24) is 4.98 Å². The average Bonchev–Trinajstić information content (AvgIpc) is 2.29. The van der Waals surface area contributed by atoms with Crippen molar-refractivity contribution in [2.45, 2.75) is 6.92 Å². The standard InChI is InChI=1S/C13H13N3S/c1-9-3-2-4-10(7-9)16-11-5-6-15-12(8-11)13(14)17/h2-8H,1H3,(H2,14,17)(H,15,16). The summed E-state index contributed by atoms with van der Waals surface area (Å²) in [5.74, 6) is 0. The van der Waals surface area contributed by atoms with Crippen LogP contribution in [0.5, 0.6) is 0 Å². The maximum atomic E-state index is 5.54. The largest absolute Gasteiger partial charge is 0.388 e. The number of nitrogens with one attached hydrogen (secondary N) is 1. The monoisotopic (exact) mass is 243 g/mol. The zero-order chi connectivity index (χ0) is 12.3. The molecule has 86 valence electrons. The van der Waals surface area contributed by atoms with Crippen LogP contribution in [0.3, 0.4) is 0 Å². The molecule has 3 N–H and O–H groups in total. The SMILES string of the molecule is Cc1cccc(Nc2ccnc(C(N)=S)c2)c1. The maximum absolute atomic E-state index is 5.54. The summed E-state index contributed by atoms with van der Waals surface area (Å²) in [6.45, 7) is 2.05. The highest BCUT2D eigenvalue weighted by molar-refractivity contribution is 7.80. The van der Waals surface area contributed by atoms with Gasteiger partial charge in [-0.05, 0) is 36.8 Å². The van der Waals surface area contributed by atoms with Gasteiger partial charge in [-0.2, -0.15) is 0 Å². The molecule has 1 aromatic carbocycles. The molecule has 0 atom stereocenters. The Bertz CT molecular complexity index is 552. The molecule has 0 saturated carbocycles. The summed E-state index contributed by atoms with van der Waals surface area (Å²) >= 11 is 4.89. The third kappa shape index (κ3) is 3.01. The Labute approximate surface area is 106 Å². The van der Waals surface area contributed by atoms with E-state index in [0.717, 1.165) is 11.4 Å². The lowest BCUT2D eigenvalue weighted by molar-refractivity contribution is 1.29. The van der Waals surface area contributed by atoms with Gasteiger partial charge in [0.2, 0.25) is 0 Å². The Hall–Kier alpha value is -1.94. The van der Waals surface area contributed by atoms with Crippen LogP contribution in [0, 0.1) is 6.92 Å². The van der Waals surface area contributed by atoms with Crippen molar-refractivity contribution in [3.63, 3.8) is 0 Å². The zero-order valence-electron chi connectivity index (χ0n) is 9.47. The van der Waals surface area contributed by atoms with E-state index in [0.29, 0.717) is 10.7 Å². The van der Waals surface area contributed by atoms with Crippen LogP contribution in [-0.2, 0) is 0 Å². The summed E-state index contributed by atoms with van der Waals surface area (Å²) in [5, 5.41) is 3.28. The van der Waals surface area contributed by atoms with Crippen LogP contribution >= 0.6 is 12.2 Å². The van der Waals surface area contributed by atoms with Gasteiger partial charge >= 0.3 is 0 Å². The number of nitrogens with two attached hydrogens (primary N) is 1. The van der Waals surface area contributed by atoms with Gasteiger partial charge in [-0.25, -0.2) is 0 Å². The van der Waals surface area contributed by atoms with Crippen LogP contribution in [0.1, 0.15) is 11.3 Å². The van der Waals surface area contributed by atoms with Crippen molar-refractivity contribution in [1.29, 1.82) is 0 Å². The molecule has 0 bridgehead atoms. The highest BCUT2D eigenvalue weighted by Gasteiger charge is 2.00. The van der Waals surface area contributed by atoms with E-state index in [9.17, 15) is 0 Å². The molecule has 0 unspecified atom stereocenters. The third-order valence-electron chi connectivity index (χ3n) is 2.32. The number of rotatable bonds is 3. The molecule has 2 aromatic rings. The van der Waals surface area contributed by atoms with Gasteiger partial charge in [0.05, 0.1) is 5.69 Å². The Balaban J connectivity index is 2.24. The zero-order valence-corrected chi connectivity index (χ0v) is 10.3. The van der Waals surface area contributed by atoms with Gasteiger partial charge in [-0.15, -0.1) is 0 Å². The van der Waals surface area contributed by atoms with Crippen molar-refractivity contribution in [3.8, 4) is 0 Å². The van der Waals surface area contributed by atoms with E-state index < -0.39 is 0 Å². The summed E-state index contributed by atoms with van der Waals surface area (Å²) in [6, 6.07) is 11.9. The molecule has 0 aliphatic carbocycles. The number of anilines is 2. The van der Waals surface area contributed by atoms with Crippen molar-refractivity contribution in [3.05, 3.63) is 53.9 Å². The predicted octanol–water partition coefficient (Wildman–Crippen LogP) is 2.77. The second-order valence-electron chi connectivity index (χ2n) is 3.79. The van der Waals surface area contributed by atoms with Gasteiger partial charge in [0.1, 0.15) is 4.99 Å².